The number of pyridine rings is 2. The summed E-state index contributed by atoms with van der Waals surface area (Å²) in [5, 5.41) is 7.34. The van der Waals surface area contributed by atoms with Crippen LogP contribution in [-0.2, 0) is 6.54 Å². The highest BCUT2D eigenvalue weighted by molar-refractivity contribution is 6.33. The average molecular weight is 287 g/mol. The molecular formula is C14H11ClN4O. The van der Waals surface area contributed by atoms with Crippen LogP contribution in [0.15, 0.2) is 49.1 Å². The van der Waals surface area contributed by atoms with E-state index in [1.54, 1.807) is 23.0 Å². The Morgan fingerprint density at radius 3 is 3.05 bits per heavy atom. The minimum atomic E-state index is -0.223. The molecule has 0 unspecified atom stereocenters. The summed E-state index contributed by atoms with van der Waals surface area (Å²) in [6.07, 6.45) is 6.58. The number of amides is 1. The number of rotatable bonds is 3. The second-order valence-electron chi connectivity index (χ2n) is 4.23. The van der Waals surface area contributed by atoms with E-state index in [1.807, 2.05) is 24.4 Å². The summed E-state index contributed by atoms with van der Waals surface area (Å²) in [7, 11) is 0. The molecule has 3 rings (SSSR count). The van der Waals surface area contributed by atoms with Crippen LogP contribution in [0.1, 0.15) is 15.9 Å². The van der Waals surface area contributed by atoms with Crippen molar-refractivity contribution in [1.82, 2.24) is 19.9 Å². The summed E-state index contributed by atoms with van der Waals surface area (Å²) < 4.78 is 1.76. The summed E-state index contributed by atoms with van der Waals surface area (Å²) in [5.41, 5.74) is 2.37. The SMILES string of the molecule is O=C(NCc1cccn2nccc12)c1ccncc1Cl. The molecule has 3 heterocycles. The molecule has 0 aliphatic rings. The second kappa shape index (κ2) is 5.30. The lowest BCUT2D eigenvalue weighted by Gasteiger charge is -2.07. The molecule has 100 valence electrons. The molecule has 0 aliphatic heterocycles. The first-order valence-corrected chi connectivity index (χ1v) is 6.42. The average Bonchev–Trinajstić information content (AvgIpc) is 2.94. The van der Waals surface area contributed by atoms with Gasteiger partial charge in [0.1, 0.15) is 0 Å². The van der Waals surface area contributed by atoms with Gasteiger partial charge in [0.25, 0.3) is 5.91 Å². The number of hydrogen-bond donors (Lipinski definition) is 1. The van der Waals surface area contributed by atoms with Crippen molar-refractivity contribution in [2.24, 2.45) is 0 Å². The Hall–Kier alpha value is -2.40. The Morgan fingerprint density at radius 2 is 2.20 bits per heavy atom. The molecule has 1 N–H and O–H groups in total. The Kier molecular flexibility index (Phi) is 3.35. The lowest BCUT2D eigenvalue weighted by atomic mass is 10.2. The number of aromatic nitrogens is 3. The van der Waals surface area contributed by atoms with Crippen molar-refractivity contribution in [1.29, 1.82) is 0 Å². The predicted octanol–water partition coefficient (Wildman–Crippen LogP) is 2.31. The van der Waals surface area contributed by atoms with Crippen LogP contribution in [0.3, 0.4) is 0 Å². The zero-order valence-corrected chi connectivity index (χ0v) is 11.2. The van der Waals surface area contributed by atoms with E-state index < -0.39 is 0 Å². The van der Waals surface area contributed by atoms with E-state index in [0.717, 1.165) is 11.1 Å². The van der Waals surface area contributed by atoms with Crippen molar-refractivity contribution in [3.05, 3.63) is 65.2 Å². The van der Waals surface area contributed by atoms with Gasteiger partial charge < -0.3 is 5.32 Å². The maximum Gasteiger partial charge on any atom is 0.253 e. The van der Waals surface area contributed by atoms with E-state index in [0.29, 0.717) is 17.1 Å². The number of carbonyl (C=O) groups excluding carboxylic acids is 1. The van der Waals surface area contributed by atoms with Crippen LogP contribution in [0.5, 0.6) is 0 Å². The standard InChI is InChI=1S/C14H11ClN4O/c15-12-9-16-5-3-11(12)14(20)17-8-10-2-1-7-19-13(10)4-6-18-19/h1-7,9H,8H2,(H,17,20). The third-order valence-corrected chi connectivity index (χ3v) is 3.28. The normalized spacial score (nSPS) is 10.7. The fraction of sp³-hybridized carbons (Fsp3) is 0.0714. The van der Waals surface area contributed by atoms with Gasteiger partial charge in [-0.2, -0.15) is 5.10 Å². The largest absolute Gasteiger partial charge is 0.348 e. The van der Waals surface area contributed by atoms with Gasteiger partial charge in [-0.1, -0.05) is 17.7 Å². The van der Waals surface area contributed by atoms with E-state index in [4.69, 9.17) is 11.6 Å². The topological polar surface area (TPSA) is 59.3 Å². The highest BCUT2D eigenvalue weighted by Crippen LogP contribution is 2.14. The van der Waals surface area contributed by atoms with Gasteiger partial charge in [-0.15, -0.1) is 0 Å². The third kappa shape index (κ3) is 2.35. The summed E-state index contributed by atoms with van der Waals surface area (Å²) >= 11 is 5.94. The van der Waals surface area contributed by atoms with Gasteiger partial charge in [-0.25, -0.2) is 4.52 Å². The Bertz CT molecular complexity index is 768. The van der Waals surface area contributed by atoms with Crippen LogP contribution < -0.4 is 5.32 Å². The summed E-state index contributed by atoms with van der Waals surface area (Å²) in [6.45, 7) is 0.410. The maximum atomic E-state index is 12.1. The van der Waals surface area contributed by atoms with Gasteiger partial charge in [-0.3, -0.25) is 9.78 Å². The van der Waals surface area contributed by atoms with Crippen molar-refractivity contribution < 1.29 is 4.79 Å². The van der Waals surface area contributed by atoms with E-state index in [-0.39, 0.29) is 5.91 Å². The Labute approximate surface area is 120 Å². The molecule has 5 nitrogen and oxygen atoms in total. The first kappa shape index (κ1) is 12.6. The van der Waals surface area contributed by atoms with Crippen molar-refractivity contribution in [2.45, 2.75) is 6.54 Å². The zero-order chi connectivity index (χ0) is 13.9. The molecular weight excluding hydrogens is 276 g/mol. The first-order chi connectivity index (χ1) is 9.75. The minimum Gasteiger partial charge on any atom is -0.348 e. The van der Waals surface area contributed by atoms with Crippen LogP contribution in [0.2, 0.25) is 5.02 Å². The quantitative estimate of drug-likeness (QED) is 0.804. The molecule has 6 heteroatoms. The molecule has 0 aliphatic carbocycles. The Balaban J connectivity index is 1.78. The third-order valence-electron chi connectivity index (χ3n) is 2.98. The molecule has 3 aromatic rings. The molecule has 3 aromatic heterocycles. The van der Waals surface area contributed by atoms with Crippen LogP contribution in [-0.4, -0.2) is 20.5 Å². The molecule has 0 saturated carbocycles. The van der Waals surface area contributed by atoms with Crippen LogP contribution in [0, 0.1) is 0 Å². The first-order valence-electron chi connectivity index (χ1n) is 6.04. The van der Waals surface area contributed by atoms with E-state index in [2.05, 4.69) is 15.4 Å². The van der Waals surface area contributed by atoms with Crippen LogP contribution >= 0.6 is 11.6 Å². The number of hydrogen-bond acceptors (Lipinski definition) is 3. The number of nitrogens with one attached hydrogen (secondary N) is 1. The number of fused-ring (bicyclic) bond motifs is 1. The molecule has 0 fully saturated rings. The van der Waals surface area contributed by atoms with Gasteiger partial charge in [0.2, 0.25) is 0 Å². The molecule has 0 spiro atoms. The molecule has 0 saturated heterocycles. The summed E-state index contributed by atoms with van der Waals surface area (Å²) in [6, 6.07) is 7.34. The predicted molar refractivity (Wildman–Crippen MR) is 75.6 cm³/mol. The summed E-state index contributed by atoms with van der Waals surface area (Å²) in [5.74, 6) is -0.223. The zero-order valence-electron chi connectivity index (χ0n) is 10.5. The molecule has 1 amide bonds. The van der Waals surface area contributed by atoms with Gasteiger partial charge >= 0.3 is 0 Å². The van der Waals surface area contributed by atoms with Gasteiger partial charge in [-0.05, 0) is 23.8 Å². The number of carbonyl (C=O) groups is 1. The molecule has 0 aromatic carbocycles. The van der Waals surface area contributed by atoms with Crippen LogP contribution in [0.4, 0.5) is 0 Å². The van der Waals surface area contributed by atoms with Crippen molar-refractivity contribution in [3.8, 4) is 0 Å². The minimum absolute atomic E-state index is 0.223. The van der Waals surface area contributed by atoms with Crippen molar-refractivity contribution in [2.75, 3.05) is 0 Å². The lowest BCUT2D eigenvalue weighted by molar-refractivity contribution is 0.0951. The highest BCUT2D eigenvalue weighted by atomic mass is 35.5. The summed E-state index contributed by atoms with van der Waals surface area (Å²) in [4.78, 5) is 15.9. The maximum absolute atomic E-state index is 12.1. The van der Waals surface area contributed by atoms with Gasteiger partial charge in [0.05, 0.1) is 16.1 Å². The van der Waals surface area contributed by atoms with Crippen molar-refractivity contribution >= 4 is 23.0 Å². The van der Waals surface area contributed by atoms with Crippen molar-refractivity contribution in [3.63, 3.8) is 0 Å². The smallest absolute Gasteiger partial charge is 0.253 e. The highest BCUT2D eigenvalue weighted by Gasteiger charge is 2.10. The Morgan fingerprint density at radius 1 is 1.30 bits per heavy atom. The monoisotopic (exact) mass is 286 g/mol. The van der Waals surface area contributed by atoms with E-state index >= 15 is 0 Å². The molecule has 0 atom stereocenters. The fourth-order valence-corrected chi connectivity index (χ4v) is 2.20. The molecule has 20 heavy (non-hydrogen) atoms. The van der Waals surface area contributed by atoms with E-state index in [1.165, 1.54) is 6.20 Å². The second-order valence-corrected chi connectivity index (χ2v) is 4.64. The van der Waals surface area contributed by atoms with E-state index in [9.17, 15) is 4.79 Å². The number of nitrogens with zero attached hydrogens (tertiary/aromatic N) is 3. The van der Waals surface area contributed by atoms with Gasteiger partial charge in [0, 0.05) is 31.3 Å². The molecule has 0 radical (unpaired) electrons. The number of halogens is 1. The fourth-order valence-electron chi connectivity index (χ4n) is 1.99. The lowest BCUT2D eigenvalue weighted by Crippen LogP contribution is -2.23. The van der Waals surface area contributed by atoms with Gasteiger partial charge in [0.15, 0.2) is 0 Å². The van der Waals surface area contributed by atoms with Crippen LogP contribution in [0.25, 0.3) is 5.52 Å². The molecule has 0 bridgehead atoms.